The first-order valence-electron chi connectivity index (χ1n) is 9.03. The van der Waals surface area contributed by atoms with Crippen molar-refractivity contribution in [2.45, 2.75) is 26.2 Å². The minimum atomic E-state index is -0.0464. The summed E-state index contributed by atoms with van der Waals surface area (Å²) in [5, 5.41) is 0.780. The Hall–Kier alpha value is -2.60. The van der Waals surface area contributed by atoms with Crippen molar-refractivity contribution >= 4 is 33.7 Å². The highest BCUT2D eigenvalue weighted by Gasteiger charge is 2.22. The van der Waals surface area contributed by atoms with Crippen LogP contribution in [-0.2, 0) is 12.8 Å². The van der Waals surface area contributed by atoms with Gasteiger partial charge in [-0.05, 0) is 54.5 Å². The molecule has 0 amide bonds. The number of aromatic nitrogens is 2. The number of H-pyrrole nitrogens is 1. The second kappa shape index (κ2) is 7.19. The third-order valence-electron chi connectivity index (χ3n) is 4.99. The molecule has 0 spiro atoms. The van der Waals surface area contributed by atoms with Gasteiger partial charge < -0.3 is 14.5 Å². The number of aryl methyl sites for hydroxylation is 1. The first kappa shape index (κ1) is 17.8. The summed E-state index contributed by atoms with van der Waals surface area (Å²) in [4.78, 5) is 22.4. The van der Waals surface area contributed by atoms with Gasteiger partial charge in [-0.2, -0.15) is 0 Å². The number of hydrogen-bond acceptors (Lipinski definition) is 5. The van der Waals surface area contributed by atoms with E-state index in [0.29, 0.717) is 23.2 Å². The zero-order chi connectivity index (χ0) is 19.0. The van der Waals surface area contributed by atoms with E-state index in [1.807, 2.05) is 30.4 Å². The highest BCUT2D eigenvalue weighted by Crippen LogP contribution is 2.35. The monoisotopic (exact) mass is 382 g/mol. The highest BCUT2D eigenvalue weighted by molar-refractivity contribution is 7.18. The third-order valence-corrected chi connectivity index (χ3v) is 6.14. The Labute approximate surface area is 161 Å². The summed E-state index contributed by atoms with van der Waals surface area (Å²) < 4.78 is 10.6. The van der Waals surface area contributed by atoms with Gasteiger partial charge in [0.05, 0.1) is 19.6 Å². The van der Waals surface area contributed by atoms with E-state index in [0.717, 1.165) is 35.0 Å². The first-order valence-corrected chi connectivity index (χ1v) is 9.84. The fourth-order valence-electron chi connectivity index (χ4n) is 3.55. The predicted molar refractivity (Wildman–Crippen MR) is 110 cm³/mol. The molecule has 0 saturated heterocycles. The Morgan fingerprint density at radius 1 is 1.19 bits per heavy atom. The zero-order valence-electron chi connectivity index (χ0n) is 15.7. The van der Waals surface area contributed by atoms with Gasteiger partial charge in [0.15, 0.2) is 0 Å². The topological polar surface area (TPSA) is 64.2 Å². The molecule has 0 unspecified atom stereocenters. The number of nitrogens with one attached hydrogen (secondary N) is 1. The lowest BCUT2D eigenvalue weighted by atomic mass is 9.89. The number of nitrogens with zero attached hydrogens (tertiary/aromatic N) is 1. The Bertz CT molecular complexity index is 1060. The lowest BCUT2D eigenvalue weighted by Gasteiger charge is -2.17. The smallest absolute Gasteiger partial charge is 0.260 e. The minimum Gasteiger partial charge on any atom is -0.497 e. The molecule has 0 aliphatic heterocycles. The molecule has 4 rings (SSSR count). The Morgan fingerprint density at radius 2 is 1.93 bits per heavy atom. The van der Waals surface area contributed by atoms with E-state index in [1.54, 1.807) is 25.6 Å². The number of ether oxygens (including phenoxy) is 2. The summed E-state index contributed by atoms with van der Waals surface area (Å²) in [7, 11) is 3.24. The molecule has 0 saturated carbocycles. The summed E-state index contributed by atoms with van der Waals surface area (Å²) in [5.41, 5.74) is 2.07. The maximum atomic E-state index is 12.7. The SMILES string of the molecule is COc1cc(/C=C/c2nc3sc4c(c3c(=O)[nH]2)CC[C@@H](C)C4)cc(OC)c1. The van der Waals surface area contributed by atoms with E-state index in [1.165, 1.54) is 10.4 Å². The molecule has 3 aromatic rings. The molecule has 0 bridgehead atoms. The first-order chi connectivity index (χ1) is 13.1. The average molecular weight is 382 g/mol. The van der Waals surface area contributed by atoms with Crippen LogP contribution in [0.4, 0.5) is 0 Å². The fourth-order valence-corrected chi connectivity index (χ4v) is 4.94. The van der Waals surface area contributed by atoms with E-state index in [4.69, 9.17) is 9.47 Å². The molecule has 1 aliphatic carbocycles. The van der Waals surface area contributed by atoms with Crippen LogP contribution in [0.5, 0.6) is 11.5 Å². The standard InChI is InChI=1S/C21H22N2O3S/c1-12-4-6-16-17(8-12)27-21-19(16)20(24)22-18(23-21)7-5-13-9-14(25-2)11-15(10-13)26-3/h5,7,9-12H,4,6,8H2,1-3H3,(H,22,23,24)/b7-5+/t12-/m1/s1. The van der Waals surface area contributed by atoms with Crippen molar-refractivity contribution in [3.8, 4) is 11.5 Å². The van der Waals surface area contributed by atoms with Crippen molar-refractivity contribution in [1.82, 2.24) is 9.97 Å². The molecule has 0 fully saturated rings. The van der Waals surface area contributed by atoms with Gasteiger partial charge in [-0.3, -0.25) is 4.79 Å². The normalized spacial score (nSPS) is 16.6. The quantitative estimate of drug-likeness (QED) is 0.731. The van der Waals surface area contributed by atoms with Crippen LogP contribution < -0.4 is 15.0 Å². The van der Waals surface area contributed by atoms with E-state index in [9.17, 15) is 4.79 Å². The molecule has 1 N–H and O–H groups in total. The van der Waals surface area contributed by atoms with Gasteiger partial charge in [0, 0.05) is 10.9 Å². The molecule has 27 heavy (non-hydrogen) atoms. The van der Waals surface area contributed by atoms with E-state index in [-0.39, 0.29) is 5.56 Å². The minimum absolute atomic E-state index is 0.0464. The van der Waals surface area contributed by atoms with Gasteiger partial charge >= 0.3 is 0 Å². The van der Waals surface area contributed by atoms with Crippen LogP contribution in [0.2, 0.25) is 0 Å². The summed E-state index contributed by atoms with van der Waals surface area (Å²) >= 11 is 1.66. The molecule has 0 radical (unpaired) electrons. The number of fused-ring (bicyclic) bond motifs is 3. The molecule has 1 aliphatic rings. The molecule has 140 valence electrons. The highest BCUT2D eigenvalue weighted by atomic mass is 32.1. The van der Waals surface area contributed by atoms with Gasteiger partial charge in [0.1, 0.15) is 22.2 Å². The summed E-state index contributed by atoms with van der Waals surface area (Å²) in [5.74, 6) is 2.66. The maximum absolute atomic E-state index is 12.7. The number of aromatic amines is 1. The van der Waals surface area contributed by atoms with Gasteiger partial charge in [0.2, 0.25) is 0 Å². The molecular formula is C21H22N2O3S. The van der Waals surface area contributed by atoms with Crippen LogP contribution >= 0.6 is 11.3 Å². The second-order valence-corrected chi connectivity index (χ2v) is 8.05. The fraction of sp³-hybridized carbons (Fsp3) is 0.333. The van der Waals surface area contributed by atoms with Crippen LogP contribution in [0.1, 0.15) is 35.2 Å². The maximum Gasteiger partial charge on any atom is 0.260 e. The van der Waals surface area contributed by atoms with Crippen molar-refractivity contribution in [3.63, 3.8) is 0 Å². The third kappa shape index (κ3) is 3.49. The largest absolute Gasteiger partial charge is 0.497 e. The van der Waals surface area contributed by atoms with Crippen LogP contribution in [0, 0.1) is 5.92 Å². The zero-order valence-corrected chi connectivity index (χ0v) is 16.5. The van der Waals surface area contributed by atoms with Crippen molar-refractivity contribution in [1.29, 1.82) is 0 Å². The van der Waals surface area contributed by atoms with Crippen molar-refractivity contribution in [2.24, 2.45) is 5.92 Å². The summed E-state index contributed by atoms with van der Waals surface area (Å²) in [6, 6.07) is 5.63. The Kier molecular flexibility index (Phi) is 4.74. The van der Waals surface area contributed by atoms with Crippen LogP contribution in [0.3, 0.4) is 0 Å². The number of benzene rings is 1. The van der Waals surface area contributed by atoms with E-state index in [2.05, 4.69) is 16.9 Å². The Morgan fingerprint density at radius 3 is 2.63 bits per heavy atom. The van der Waals surface area contributed by atoms with Crippen LogP contribution in [0.15, 0.2) is 23.0 Å². The average Bonchev–Trinajstić information content (AvgIpc) is 3.03. The van der Waals surface area contributed by atoms with Crippen molar-refractivity contribution in [2.75, 3.05) is 14.2 Å². The van der Waals surface area contributed by atoms with Gasteiger partial charge in [-0.25, -0.2) is 4.98 Å². The molecule has 1 atom stereocenters. The van der Waals surface area contributed by atoms with Crippen molar-refractivity contribution < 1.29 is 9.47 Å². The summed E-state index contributed by atoms with van der Waals surface area (Å²) in [6.07, 6.45) is 6.86. The van der Waals surface area contributed by atoms with E-state index < -0.39 is 0 Å². The molecule has 6 heteroatoms. The number of hydrogen-bond donors (Lipinski definition) is 1. The van der Waals surface area contributed by atoms with Gasteiger partial charge in [0.25, 0.3) is 5.56 Å². The summed E-state index contributed by atoms with van der Waals surface area (Å²) in [6.45, 7) is 2.27. The lowest BCUT2D eigenvalue weighted by Crippen LogP contribution is -2.13. The second-order valence-electron chi connectivity index (χ2n) is 6.96. The molecule has 5 nitrogen and oxygen atoms in total. The van der Waals surface area contributed by atoms with E-state index >= 15 is 0 Å². The molecule has 2 heterocycles. The number of thiophene rings is 1. The van der Waals surface area contributed by atoms with Gasteiger partial charge in [-0.1, -0.05) is 13.0 Å². The lowest BCUT2D eigenvalue weighted by molar-refractivity contribution is 0.394. The molecule has 2 aromatic heterocycles. The number of methoxy groups -OCH3 is 2. The molecular weight excluding hydrogens is 360 g/mol. The van der Waals surface area contributed by atoms with Gasteiger partial charge in [-0.15, -0.1) is 11.3 Å². The molecule has 1 aromatic carbocycles. The predicted octanol–water partition coefficient (Wildman–Crippen LogP) is 4.30. The Balaban J connectivity index is 1.71. The van der Waals surface area contributed by atoms with Crippen LogP contribution in [0.25, 0.3) is 22.4 Å². The number of rotatable bonds is 4. The van der Waals surface area contributed by atoms with Crippen molar-refractivity contribution in [3.05, 3.63) is 50.4 Å². The van der Waals surface area contributed by atoms with Crippen LogP contribution in [-0.4, -0.2) is 24.2 Å².